The molecule has 0 bridgehead atoms. The summed E-state index contributed by atoms with van der Waals surface area (Å²) in [6, 6.07) is 9.93. The number of morpholine rings is 1. The van der Waals surface area contributed by atoms with E-state index in [1.807, 2.05) is 30.3 Å². The van der Waals surface area contributed by atoms with Gasteiger partial charge in [-0.05, 0) is 31.0 Å². The molecule has 1 atom stereocenters. The largest absolute Gasteiger partial charge is 0.479 e. The van der Waals surface area contributed by atoms with E-state index in [-0.39, 0.29) is 5.44 Å². The Morgan fingerprint density at radius 1 is 1.25 bits per heavy atom. The predicted octanol–water partition coefficient (Wildman–Crippen LogP) is 2.39. The van der Waals surface area contributed by atoms with Crippen molar-refractivity contribution in [1.29, 1.82) is 0 Å². The highest BCUT2D eigenvalue weighted by atomic mass is 32.2. The zero-order valence-corrected chi connectivity index (χ0v) is 10.3. The summed E-state index contributed by atoms with van der Waals surface area (Å²) in [5.41, 5.74) is 0.139. The van der Waals surface area contributed by atoms with Gasteiger partial charge in [-0.1, -0.05) is 18.2 Å². The van der Waals surface area contributed by atoms with E-state index >= 15 is 0 Å². The standard InChI is InChI=1S/C12H17NO2S/c1-11(15-12-5-3-2-4-6-12)16-13-7-9-14-10-8-13/h2-6,11H,7-10H2,1H3. The quantitative estimate of drug-likeness (QED) is 0.594. The van der Waals surface area contributed by atoms with Crippen molar-refractivity contribution >= 4 is 11.9 Å². The molecule has 88 valence electrons. The van der Waals surface area contributed by atoms with Gasteiger partial charge in [0.1, 0.15) is 5.75 Å². The molecule has 3 nitrogen and oxygen atoms in total. The highest BCUT2D eigenvalue weighted by Gasteiger charge is 2.15. The fourth-order valence-corrected chi connectivity index (χ4v) is 2.51. The van der Waals surface area contributed by atoms with Gasteiger partial charge in [0.05, 0.1) is 13.2 Å². The molecule has 1 saturated heterocycles. The number of benzene rings is 1. The first kappa shape index (κ1) is 11.8. The molecule has 0 saturated carbocycles. The van der Waals surface area contributed by atoms with Gasteiger partial charge in [-0.3, -0.25) is 0 Å². The van der Waals surface area contributed by atoms with Crippen LogP contribution >= 0.6 is 11.9 Å². The molecule has 0 N–H and O–H groups in total. The van der Waals surface area contributed by atoms with Crippen molar-refractivity contribution in [2.75, 3.05) is 26.3 Å². The predicted molar refractivity (Wildman–Crippen MR) is 66.5 cm³/mol. The maximum atomic E-state index is 5.80. The zero-order valence-electron chi connectivity index (χ0n) is 9.46. The average molecular weight is 239 g/mol. The van der Waals surface area contributed by atoms with Crippen LogP contribution in [-0.2, 0) is 4.74 Å². The van der Waals surface area contributed by atoms with Gasteiger partial charge >= 0.3 is 0 Å². The van der Waals surface area contributed by atoms with E-state index in [9.17, 15) is 0 Å². The minimum atomic E-state index is 0.139. The molecule has 0 aromatic heterocycles. The Bertz CT molecular complexity index is 301. The Morgan fingerprint density at radius 2 is 1.94 bits per heavy atom. The minimum absolute atomic E-state index is 0.139. The van der Waals surface area contributed by atoms with Crippen LogP contribution < -0.4 is 4.74 Å². The molecule has 0 aliphatic carbocycles. The van der Waals surface area contributed by atoms with Crippen molar-refractivity contribution in [3.8, 4) is 5.75 Å². The van der Waals surface area contributed by atoms with Gasteiger partial charge in [-0.2, -0.15) is 0 Å². The zero-order chi connectivity index (χ0) is 11.2. The molecule has 0 radical (unpaired) electrons. The van der Waals surface area contributed by atoms with Crippen LogP contribution in [0.25, 0.3) is 0 Å². The van der Waals surface area contributed by atoms with Crippen LogP contribution in [0, 0.1) is 0 Å². The smallest absolute Gasteiger partial charge is 0.155 e. The van der Waals surface area contributed by atoms with Crippen LogP contribution in [0.5, 0.6) is 5.75 Å². The minimum Gasteiger partial charge on any atom is -0.479 e. The van der Waals surface area contributed by atoms with Crippen LogP contribution in [0.2, 0.25) is 0 Å². The second-order valence-corrected chi connectivity index (χ2v) is 5.04. The molecule has 1 aromatic carbocycles. The third kappa shape index (κ3) is 3.70. The Balaban J connectivity index is 1.77. The molecule has 16 heavy (non-hydrogen) atoms. The van der Waals surface area contributed by atoms with Crippen molar-refractivity contribution in [2.45, 2.75) is 12.4 Å². The summed E-state index contributed by atoms with van der Waals surface area (Å²) in [6.45, 7) is 5.68. The van der Waals surface area contributed by atoms with Gasteiger partial charge in [0.15, 0.2) is 5.44 Å². The van der Waals surface area contributed by atoms with Gasteiger partial charge in [-0.25, -0.2) is 4.31 Å². The van der Waals surface area contributed by atoms with Crippen LogP contribution in [-0.4, -0.2) is 36.0 Å². The first-order valence-corrected chi connectivity index (χ1v) is 6.39. The summed E-state index contributed by atoms with van der Waals surface area (Å²) in [5, 5.41) is 0. The van der Waals surface area contributed by atoms with Crippen LogP contribution in [0.4, 0.5) is 0 Å². The maximum absolute atomic E-state index is 5.80. The lowest BCUT2D eigenvalue weighted by Gasteiger charge is -2.28. The van der Waals surface area contributed by atoms with E-state index in [2.05, 4.69) is 11.2 Å². The highest BCUT2D eigenvalue weighted by Crippen LogP contribution is 2.21. The first-order chi connectivity index (χ1) is 7.84. The van der Waals surface area contributed by atoms with E-state index < -0.39 is 0 Å². The molecule has 4 heteroatoms. The van der Waals surface area contributed by atoms with Gasteiger partial charge in [-0.15, -0.1) is 0 Å². The molecular formula is C12H17NO2S. The second-order valence-electron chi connectivity index (χ2n) is 3.65. The van der Waals surface area contributed by atoms with Crippen molar-refractivity contribution < 1.29 is 9.47 Å². The lowest BCUT2D eigenvalue weighted by molar-refractivity contribution is 0.0762. The number of rotatable bonds is 4. The molecule has 2 rings (SSSR count). The molecule has 0 amide bonds. The number of ether oxygens (including phenoxy) is 2. The summed E-state index contributed by atoms with van der Waals surface area (Å²) in [5.74, 6) is 0.927. The number of para-hydroxylation sites is 1. The maximum Gasteiger partial charge on any atom is 0.155 e. The number of hydrogen-bond acceptors (Lipinski definition) is 4. The van der Waals surface area contributed by atoms with Crippen LogP contribution in [0.15, 0.2) is 30.3 Å². The number of hydrogen-bond donors (Lipinski definition) is 0. The Morgan fingerprint density at radius 3 is 2.62 bits per heavy atom. The fourth-order valence-electron chi connectivity index (χ4n) is 1.57. The lowest BCUT2D eigenvalue weighted by atomic mass is 10.3. The third-order valence-corrected chi connectivity index (χ3v) is 3.37. The van der Waals surface area contributed by atoms with Gasteiger partial charge in [0, 0.05) is 13.1 Å². The molecule has 1 fully saturated rings. The first-order valence-electron chi connectivity index (χ1n) is 5.56. The summed E-state index contributed by atoms with van der Waals surface area (Å²) in [4.78, 5) is 0. The summed E-state index contributed by atoms with van der Waals surface area (Å²) in [6.07, 6.45) is 0. The molecule has 1 unspecified atom stereocenters. The molecule has 1 aliphatic rings. The van der Waals surface area contributed by atoms with E-state index in [0.717, 1.165) is 32.1 Å². The van der Waals surface area contributed by atoms with Crippen molar-refractivity contribution in [3.63, 3.8) is 0 Å². The van der Waals surface area contributed by atoms with E-state index in [1.54, 1.807) is 11.9 Å². The van der Waals surface area contributed by atoms with Gasteiger partial charge < -0.3 is 9.47 Å². The summed E-state index contributed by atoms with van der Waals surface area (Å²) < 4.78 is 13.4. The van der Waals surface area contributed by atoms with Crippen LogP contribution in [0.1, 0.15) is 6.92 Å². The molecular weight excluding hydrogens is 222 g/mol. The Hall–Kier alpha value is -0.710. The van der Waals surface area contributed by atoms with E-state index in [0.29, 0.717) is 0 Å². The Labute approximate surface area is 101 Å². The van der Waals surface area contributed by atoms with Crippen molar-refractivity contribution in [1.82, 2.24) is 4.31 Å². The lowest BCUT2D eigenvalue weighted by Crippen LogP contribution is -2.33. The van der Waals surface area contributed by atoms with Gasteiger partial charge in [0.25, 0.3) is 0 Å². The average Bonchev–Trinajstić information content (AvgIpc) is 2.31. The monoisotopic (exact) mass is 239 g/mol. The second kappa shape index (κ2) is 6.13. The summed E-state index contributed by atoms with van der Waals surface area (Å²) >= 11 is 1.75. The summed E-state index contributed by atoms with van der Waals surface area (Å²) in [7, 11) is 0. The SMILES string of the molecule is CC(Oc1ccccc1)SN1CCOCC1. The normalized spacial score (nSPS) is 19.3. The third-order valence-electron chi connectivity index (χ3n) is 2.31. The Kier molecular flexibility index (Phi) is 4.51. The fraction of sp³-hybridized carbons (Fsp3) is 0.500. The molecule has 1 aromatic rings. The number of nitrogens with zero attached hydrogens (tertiary/aromatic N) is 1. The van der Waals surface area contributed by atoms with Crippen LogP contribution in [0.3, 0.4) is 0 Å². The van der Waals surface area contributed by atoms with E-state index in [1.165, 1.54) is 0 Å². The molecule has 0 spiro atoms. The van der Waals surface area contributed by atoms with E-state index in [4.69, 9.17) is 9.47 Å². The molecule has 1 heterocycles. The molecule has 1 aliphatic heterocycles. The van der Waals surface area contributed by atoms with Crippen molar-refractivity contribution in [2.24, 2.45) is 0 Å². The topological polar surface area (TPSA) is 21.7 Å². The van der Waals surface area contributed by atoms with Crippen molar-refractivity contribution in [3.05, 3.63) is 30.3 Å². The highest BCUT2D eigenvalue weighted by molar-refractivity contribution is 7.97. The van der Waals surface area contributed by atoms with Gasteiger partial charge in [0.2, 0.25) is 0 Å².